The normalized spacial score (nSPS) is 15.7. The van der Waals surface area contributed by atoms with Crippen LogP contribution in [0.3, 0.4) is 0 Å². The maximum Gasteiger partial charge on any atom is 0.0658 e. The van der Waals surface area contributed by atoms with E-state index < -0.39 is 0 Å². The zero-order chi connectivity index (χ0) is 14.2. The minimum absolute atomic E-state index is 0.0188. The van der Waals surface area contributed by atoms with E-state index in [1.807, 2.05) is 0 Å². The molecule has 0 saturated heterocycles. The summed E-state index contributed by atoms with van der Waals surface area (Å²) in [5.74, 6) is 0.640. The van der Waals surface area contributed by atoms with E-state index in [0.29, 0.717) is 19.1 Å². The van der Waals surface area contributed by atoms with E-state index in [-0.39, 0.29) is 5.54 Å². The molecule has 0 heterocycles. The molecule has 1 atom stereocenters. The van der Waals surface area contributed by atoms with Crippen molar-refractivity contribution >= 4 is 0 Å². The Balaban J connectivity index is 4.84. The molecule has 0 rings (SSSR count). The van der Waals surface area contributed by atoms with E-state index in [9.17, 15) is 0 Å². The Bertz CT molecular complexity index is 203. The first-order valence-corrected chi connectivity index (χ1v) is 7.00. The van der Waals surface area contributed by atoms with Crippen LogP contribution in [-0.4, -0.2) is 69.3 Å². The SMILES string of the molecule is CCC(CN)(COC)N(CCN(C)C)CC(C)C. The lowest BCUT2D eigenvalue weighted by Crippen LogP contribution is -2.58. The van der Waals surface area contributed by atoms with Gasteiger partial charge in [0.15, 0.2) is 0 Å². The van der Waals surface area contributed by atoms with Crippen LogP contribution >= 0.6 is 0 Å². The van der Waals surface area contributed by atoms with Gasteiger partial charge in [-0.1, -0.05) is 20.8 Å². The van der Waals surface area contributed by atoms with E-state index in [0.717, 1.165) is 26.1 Å². The van der Waals surface area contributed by atoms with Crippen LogP contribution < -0.4 is 5.73 Å². The van der Waals surface area contributed by atoms with Gasteiger partial charge in [0, 0.05) is 33.3 Å². The Morgan fingerprint density at radius 1 is 1.22 bits per heavy atom. The molecular formula is C14H33N3O. The fourth-order valence-corrected chi connectivity index (χ4v) is 2.30. The molecule has 0 amide bonds. The summed E-state index contributed by atoms with van der Waals surface area (Å²) in [5.41, 5.74) is 6.03. The number of likely N-dealkylation sites (N-methyl/N-ethyl adjacent to an activating group) is 1. The van der Waals surface area contributed by atoms with E-state index in [1.165, 1.54) is 0 Å². The first kappa shape index (κ1) is 17.8. The van der Waals surface area contributed by atoms with Crippen LogP contribution in [0.4, 0.5) is 0 Å². The Kier molecular flexibility index (Phi) is 8.78. The van der Waals surface area contributed by atoms with Crippen molar-refractivity contribution in [3.63, 3.8) is 0 Å². The van der Waals surface area contributed by atoms with Crippen LogP contribution in [0.1, 0.15) is 27.2 Å². The molecule has 0 aromatic rings. The molecule has 1 unspecified atom stereocenters. The lowest BCUT2D eigenvalue weighted by Gasteiger charge is -2.44. The highest BCUT2D eigenvalue weighted by Gasteiger charge is 2.34. The number of hydrogen-bond donors (Lipinski definition) is 1. The second-order valence-electron chi connectivity index (χ2n) is 5.86. The van der Waals surface area contributed by atoms with Crippen molar-refractivity contribution in [2.24, 2.45) is 11.7 Å². The molecular weight excluding hydrogens is 226 g/mol. The molecule has 4 nitrogen and oxygen atoms in total. The van der Waals surface area contributed by atoms with Gasteiger partial charge in [-0.25, -0.2) is 0 Å². The van der Waals surface area contributed by atoms with E-state index >= 15 is 0 Å². The van der Waals surface area contributed by atoms with Crippen molar-refractivity contribution in [2.75, 3.05) is 54.0 Å². The Morgan fingerprint density at radius 3 is 2.17 bits per heavy atom. The highest BCUT2D eigenvalue weighted by molar-refractivity contribution is 4.91. The first-order valence-electron chi connectivity index (χ1n) is 7.00. The lowest BCUT2D eigenvalue weighted by molar-refractivity contribution is 0.00212. The molecule has 0 aromatic heterocycles. The molecule has 0 spiro atoms. The number of nitrogens with zero attached hydrogens (tertiary/aromatic N) is 2. The van der Waals surface area contributed by atoms with E-state index in [1.54, 1.807) is 7.11 Å². The average Bonchev–Trinajstić information content (AvgIpc) is 2.31. The van der Waals surface area contributed by atoms with Crippen molar-refractivity contribution in [1.29, 1.82) is 0 Å². The minimum Gasteiger partial charge on any atom is -0.383 e. The van der Waals surface area contributed by atoms with Crippen LogP contribution in [0.2, 0.25) is 0 Å². The van der Waals surface area contributed by atoms with Crippen LogP contribution in [0.15, 0.2) is 0 Å². The van der Waals surface area contributed by atoms with Crippen molar-refractivity contribution in [1.82, 2.24) is 9.80 Å². The van der Waals surface area contributed by atoms with Gasteiger partial charge >= 0.3 is 0 Å². The average molecular weight is 259 g/mol. The van der Waals surface area contributed by atoms with Gasteiger partial charge in [0.2, 0.25) is 0 Å². The predicted molar refractivity (Wildman–Crippen MR) is 78.9 cm³/mol. The lowest BCUT2D eigenvalue weighted by atomic mass is 9.93. The predicted octanol–water partition coefficient (Wildman–Crippen LogP) is 1.26. The van der Waals surface area contributed by atoms with Gasteiger partial charge in [0.25, 0.3) is 0 Å². The van der Waals surface area contributed by atoms with Crippen LogP contribution in [0.5, 0.6) is 0 Å². The van der Waals surface area contributed by atoms with Gasteiger partial charge in [-0.2, -0.15) is 0 Å². The molecule has 0 saturated carbocycles. The van der Waals surface area contributed by atoms with Gasteiger partial charge in [0.05, 0.1) is 12.1 Å². The van der Waals surface area contributed by atoms with Crippen molar-refractivity contribution < 1.29 is 4.74 Å². The highest BCUT2D eigenvalue weighted by Crippen LogP contribution is 2.21. The second kappa shape index (κ2) is 8.86. The van der Waals surface area contributed by atoms with E-state index in [2.05, 4.69) is 44.7 Å². The smallest absolute Gasteiger partial charge is 0.0658 e. The summed E-state index contributed by atoms with van der Waals surface area (Å²) in [6, 6.07) is 0. The van der Waals surface area contributed by atoms with Crippen LogP contribution in [0, 0.1) is 5.92 Å². The highest BCUT2D eigenvalue weighted by atomic mass is 16.5. The first-order chi connectivity index (χ1) is 8.41. The third-order valence-corrected chi connectivity index (χ3v) is 3.52. The van der Waals surface area contributed by atoms with Gasteiger partial charge < -0.3 is 15.4 Å². The monoisotopic (exact) mass is 259 g/mol. The molecule has 0 aromatic carbocycles. The third-order valence-electron chi connectivity index (χ3n) is 3.52. The van der Waals surface area contributed by atoms with Crippen molar-refractivity contribution in [2.45, 2.75) is 32.7 Å². The van der Waals surface area contributed by atoms with Crippen molar-refractivity contribution in [3.8, 4) is 0 Å². The van der Waals surface area contributed by atoms with Gasteiger partial charge in [-0.3, -0.25) is 4.90 Å². The quantitative estimate of drug-likeness (QED) is 0.641. The standard InChI is InChI=1S/C14H33N3O/c1-7-14(11-15,12-18-6)17(10-13(2)3)9-8-16(4)5/h13H,7-12,15H2,1-6H3. The summed E-state index contributed by atoms with van der Waals surface area (Å²) < 4.78 is 5.42. The zero-order valence-corrected chi connectivity index (χ0v) is 13.2. The fourth-order valence-electron chi connectivity index (χ4n) is 2.30. The minimum atomic E-state index is -0.0188. The molecule has 0 aliphatic carbocycles. The largest absolute Gasteiger partial charge is 0.383 e. The topological polar surface area (TPSA) is 41.7 Å². The van der Waals surface area contributed by atoms with Gasteiger partial charge in [-0.15, -0.1) is 0 Å². The van der Waals surface area contributed by atoms with Gasteiger partial charge in [0.1, 0.15) is 0 Å². The number of hydrogen-bond acceptors (Lipinski definition) is 4. The Hall–Kier alpha value is -0.160. The number of methoxy groups -OCH3 is 1. The summed E-state index contributed by atoms with van der Waals surface area (Å²) >= 11 is 0. The summed E-state index contributed by atoms with van der Waals surface area (Å²) in [5, 5.41) is 0. The molecule has 2 N–H and O–H groups in total. The molecule has 110 valence electrons. The number of ether oxygens (including phenoxy) is 1. The maximum absolute atomic E-state index is 6.05. The maximum atomic E-state index is 6.05. The van der Waals surface area contributed by atoms with E-state index in [4.69, 9.17) is 10.5 Å². The summed E-state index contributed by atoms with van der Waals surface area (Å²) in [6.45, 7) is 11.2. The molecule has 0 radical (unpaired) electrons. The molecule has 4 heteroatoms. The summed E-state index contributed by atoms with van der Waals surface area (Å²) in [4.78, 5) is 4.73. The fraction of sp³-hybridized carbons (Fsp3) is 1.00. The van der Waals surface area contributed by atoms with Crippen LogP contribution in [0.25, 0.3) is 0 Å². The third kappa shape index (κ3) is 5.65. The Labute approximate surface area is 113 Å². The molecule has 0 aliphatic heterocycles. The molecule has 0 fully saturated rings. The molecule has 0 aliphatic rings. The summed E-state index contributed by atoms with van der Waals surface area (Å²) in [7, 11) is 5.99. The molecule has 0 bridgehead atoms. The second-order valence-corrected chi connectivity index (χ2v) is 5.86. The van der Waals surface area contributed by atoms with Crippen molar-refractivity contribution in [3.05, 3.63) is 0 Å². The van der Waals surface area contributed by atoms with Crippen LogP contribution in [-0.2, 0) is 4.74 Å². The number of nitrogens with two attached hydrogens (primary N) is 1. The Morgan fingerprint density at radius 2 is 1.83 bits per heavy atom. The molecule has 18 heavy (non-hydrogen) atoms. The summed E-state index contributed by atoms with van der Waals surface area (Å²) in [6.07, 6.45) is 1.03. The number of rotatable bonds is 10. The zero-order valence-electron chi connectivity index (χ0n) is 13.2. The van der Waals surface area contributed by atoms with Gasteiger partial charge in [-0.05, 0) is 26.4 Å².